The van der Waals surface area contributed by atoms with Crippen molar-refractivity contribution >= 4 is 17.6 Å². The smallest absolute Gasteiger partial charge is 0.306 e. The van der Waals surface area contributed by atoms with E-state index in [0.29, 0.717) is 23.6 Å². The topological polar surface area (TPSA) is 73.9 Å². The van der Waals surface area contributed by atoms with Crippen LogP contribution in [-0.4, -0.2) is 32.7 Å². The van der Waals surface area contributed by atoms with Crippen molar-refractivity contribution in [3.8, 4) is 11.5 Å². The van der Waals surface area contributed by atoms with Gasteiger partial charge in [-0.2, -0.15) is 0 Å². The quantitative estimate of drug-likeness (QED) is 0.732. The molecular formula is C19H20FNO5. The summed E-state index contributed by atoms with van der Waals surface area (Å²) in [4.78, 5) is 23.6. The lowest BCUT2D eigenvalue weighted by atomic mass is 10.1. The highest BCUT2D eigenvalue weighted by atomic mass is 19.1. The monoisotopic (exact) mass is 361 g/mol. The van der Waals surface area contributed by atoms with Gasteiger partial charge in [0.05, 0.1) is 14.2 Å². The highest BCUT2D eigenvalue weighted by molar-refractivity contribution is 5.93. The number of rotatable bonds is 8. The molecule has 26 heavy (non-hydrogen) atoms. The lowest BCUT2D eigenvalue weighted by Gasteiger charge is -2.11. The summed E-state index contributed by atoms with van der Waals surface area (Å²) in [5.41, 5.74) is 1.31. The summed E-state index contributed by atoms with van der Waals surface area (Å²) in [6.07, 6.45) is 0.520. The normalized spacial score (nSPS) is 10.1. The largest absolute Gasteiger partial charge is 0.493 e. The van der Waals surface area contributed by atoms with Gasteiger partial charge in [-0.1, -0.05) is 12.1 Å². The Morgan fingerprint density at radius 1 is 1.00 bits per heavy atom. The zero-order chi connectivity index (χ0) is 18.9. The first-order valence-electron chi connectivity index (χ1n) is 7.93. The first-order chi connectivity index (χ1) is 12.5. The van der Waals surface area contributed by atoms with Crippen LogP contribution in [0.25, 0.3) is 0 Å². The number of nitrogens with one attached hydrogen (secondary N) is 1. The maximum atomic E-state index is 12.8. The molecule has 7 heteroatoms. The third-order valence-corrected chi connectivity index (χ3v) is 3.56. The van der Waals surface area contributed by atoms with Gasteiger partial charge >= 0.3 is 5.97 Å². The molecule has 0 aliphatic heterocycles. The maximum Gasteiger partial charge on any atom is 0.306 e. The Bertz CT molecular complexity index is 761. The van der Waals surface area contributed by atoms with Crippen LogP contribution in [0.4, 0.5) is 10.1 Å². The van der Waals surface area contributed by atoms with Crippen molar-refractivity contribution in [1.29, 1.82) is 0 Å². The van der Waals surface area contributed by atoms with Crippen LogP contribution in [0.3, 0.4) is 0 Å². The molecular weight excluding hydrogens is 341 g/mol. The molecule has 2 rings (SSSR count). The minimum absolute atomic E-state index is 0.106. The Morgan fingerprint density at radius 3 is 2.35 bits per heavy atom. The number of amides is 1. The number of hydrogen-bond acceptors (Lipinski definition) is 5. The van der Waals surface area contributed by atoms with E-state index in [9.17, 15) is 14.0 Å². The summed E-state index contributed by atoms with van der Waals surface area (Å²) in [6.45, 7) is -0.392. The number of carbonyl (C=O) groups excluding carboxylic acids is 2. The van der Waals surface area contributed by atoms with Gasteiger partial charge in [-0.15, -0.1) is 0 Å². The molecule has 0 fully saturated rings. The highest BCUT2D eigenvalue weighted by Gasteiger charge is 2.10. The van der Waals surface area contributed by atoms with Gasteiger partial charge < -0.3 is 19.5 Å². The van der Waals surface area contributed by atoms with E-state index in [0.717, 1.165) is 5.56 Å². The molecule has 6 nitrogen and oxygen atoms in total. The number of aryl methyl sites for hydroxylation is 1. The Balaban J connectivity index is 1.77. The van der Waals surface area contributed by atoms with Crippen LogP contribution in [0.1, 0.15) is 12.0 Å². The van der Waals surface area contributed by atoms with Crippen LogP contribution in [0.2, 0.25) is 0 Å². The lowest BCUT2D eigenvalue weighted by Crippen LogP contribution is -2.21. The van der Waals surface area contributed by atoms with Crippen LogP contribution in [0, 0.1) is 5.82 Å². The van der Waals surface area contributed by atoms with Crippen molar-refractivity contribution in [3.05, 3.63) is 53.8 Å². The van der Waals surface area contributed by atoms with E-state index < -0.39 is 18.5 Å². The minimum Gasteiger partial charge on any atom is -0.493 e. The van der Waals surface area contributed by atoms with E-state index in [2.05, 4.69) is 5.32 Å². The van der Waals surface area contributed by atoms with Crippen molar-refractivity contribution in [2.24, 2.45) is 0 Å². The molecule has 0 saturated carbocycles. The second kappa shape index (κ2) is 9.41. The Hall–Kier alpha value is -3.09. The molecule has 2 aromatic rings. The van der Waals surface area contributed by atoms with Gasteiger partial charge in [0.25, 0.3) is 5.91 Å². The Morgan fingerprint density at radius 2 is 1.69 bits per heavy atom. The summed E-state index contributed by atoms with van der Waals surface area (Å²) in [5, 5.41) is 2.61. The number of benzene rings is 2. The predicted molar refractivity (Wildman–Crippen MR) is 93.9 cm³/mol. The van der Waals surface area contributed by atoms with Gasteiger partial charge in [0, 0.05) is 18.2 Å². The molecule has 2 aromatic carbocycles. The van der Waals surface area contributed by atoms with Crippen molar-refractivity contribution in [2.45, 2.75) is 12.8 Å². The van der Waals surface area contributed by atoms with Crippen LogP contribution < -0.4 is 14.8 Å². The van der Waals surface area contributed by atoms with Crippen LogP contribution >= 0.6 is 0 Å². The SMILES string of the molecule is COc1ccc(NC(=O)COC(=O)CCc2ccc(F)cc2)cc1OC. The Labute approximate surface area is 150 Å². The number of carbonyl (C=O) groups is 2. The zero-order valence-corrected chi connectivity index (χ0v) is 14.6. The fourth-order valence-corrected chi connectivity index (χ4v) is 2.23. The van der Waals surface area contributed by atoms with E-state index >= 15 is 0 Å². The zero-order valence-electron chi connectivity index (χ0n) is 14.6. The first kappa shape index (κ1) is 19.2. The summed E-state index contributed by atoms with van der Waals surface area (Å²) in [5.74, 6) is -0.286. The van der Waals surface area contributed by atoms with Gasteiger partial charge in [-0.25, -0.2) is 4.39 Å². The molecule has 0 bridgehead atoms. The minimum atomic E-state index is -0.503. The van der Waals surface area contributed by atoms with Gasteiger partial charge in [-0.3, -0.25) is 9.59 Å². The van der Waals surface area contributed by atoms with Crippen LogP contribution in [-0.2, 0) is 20.7 Å². The standard InChI is InChI=1S/C19H20FNO5/c1-24-16-9-8-15(11-17(16)25-2)21-18(22)12-26-19(23)10-5-13-3-6-14(20)7-4-13/h3-4,6-9,11H,5,10,12H2,1-2H3,(H,21,22). The average molecular weight is 361 g/mol. The molecule has 0 heterocycles. The fraction of sp³-hybridized carbons (Fsp3) is 0.263. The highest BCUT2D eigenvalue weighted by Crippen LogP contribution is 2.29. The molecule has 0 atom stereocenters. The summed E-state index contributed by atoms with van der Waals surface area (Å²) in [7, 11) is 3.01. The molecule has 1 N–H and O–H groups in total. The van der Waals surface area contributed by atoms with Crippen molar-refractivity contribution in [1.82, 2.24) is 0 Å². The second-order valence-electron chi connectivity index (χ2n) is 5.41. The van der Waals surface area contributed by atoms with Crippen LogP contribution in [0.5, 0.6) is 11.5 Å². The van der Waals surface area contributed by atoms with E-state index in [1.807, 2.05) is 0 Å². The van der Waals surface area contributed by atoms with Gasteiger partial charge in [0.1, 0.15) is 5.82 Å². The summed E-state index contributed by atoms with van der Waals surface area (Å²) < 4.78 is 28.0. The van der Waals surface area contributed by atoms with E-state index in [1.54, 1.807) is 30.3 Å². The number of esters is 1. The molecule has 0 saturated heterocycles. The second-order valence-corrected chi connectivity index (χ2v) is 5.41. The van der Waals surface area contributed by atoms with Crippen LogP contribution in [0.15, 0.2) is 42.5 Å². The molecule has 0 unspecified atom stereocenters. The molecule has 0 aliphatic carbocycles. The third kappa shape index (κ3) is 5.77. The van der Waals surface area contributed by atoms with E-state index in [4.69, 9.17) is 14.2 Å². The molecule has 0 spiro atoms. The fourth-order valence-electron chi connectivity index (χ4n) is 2.23. The average Bonchev–Trinajstić information content (AvgIpc) is 2.65. The lowest BCUT2D eigenvalue weighted by molar-refractivity contribution is -0.147. The molecule has 0 radical (unpaired) electrons. The number of ether oxygens (including phenoxy) is 3. The van der Waals surface area contributed by atoms with Crippen molar-refractivity contribution < 1.29 is 28.2 Å². The van der Waals surface area contributed by atoms with Gasteiger partial charge in [0.15, 0.2) is 18.1 Å². The number of hydrogen-bond donors (Lipinski definition) is 1. The molecule has 138 valence electrons. The summed E-state index contributed by atoms with van der Waals surface area (Å²) >= 11 is 0. The van der Waals surface area contributed by atoms with Gasteiger partial charge in [-0.05, 0) is 36.2 Å². The van der Waals surface area contributed by atoms with Crippen molar-refractivity contribution in [2.75, 3.05) is 26.1 Å². The number of methoxy groups -OCH3 is 2. The predicted octanol–water partition coefficient (Wildman–Crippen LogP) is 2.96. The first-order valence-corrected chi connectivity index (χ1v) is 7.93. The van der Waals surface area contributed by atoms with Crippen molar-refractivity contribution in [3.63, 3.8) is 0 Å². The number of anilines is 1. The molecule has 0 aliphatic rings. The van der Waals surface area contributed by atoms with E-state index in [-0.39, 0.29) is 12.2 Å². The summed E-state index contributed by atoms with van der Waals surface area (Å²) in [6, 6.07) is 10.8. The number of halogens is 1. The maximum absolute atomic E-state index is 12.8. The van der Waals surface area contributed by atoms with E-state index in [1.165, 1.54) is 26.4 Å². The third-order valence-electron chi connectivity index (χ3n) is 3.56. The van der Waals surface area contributed by atoms with Gasteiger partial charge in [0.2, 0.25) is 0 Å². The molecule has 0 aromatic heterocycles. The molecule has 1 amide bonds. The Kier molecular flexibility index (Phi) is 6.96.